The molecule has 7 nitrogen and oxygen atoms in total. The summed E-state index contributed by atoms with van der Waals surface area (Å²) in [6.07, 6.45) is 6.83. The van der Waals surface area contributed by atoms with E-state index in [2.05, 4.69) is 18.8 Å². The molecule has 0 aliphatic carbocycles. The molecule has 1 amide bonds. The maximum absolute atomic E-state index is 13.4. The number of imidazole rings is 1. The van der Waals surface area contributed by atoms with Crippen molar-refractivity contribution in [2.45, 2.75) is 50.8 Å². The molecule has 0 fully saturated rings. The number of benzene rings is 1. The highest BCUT2D eigenvalue weighted by Crippen LogP contribution is 2.38. The molecule has 0 atom stereocenters. The van der Waals surface area contributed by atoms with Crippen LogP contribution in [-0.4, -0.2) is 42.0 Å². The second kappa shape index (κ2) is 11.0. The number of sulfonamides is 1. The largest absolute Gasteiger partial charge is 0.449 e. The van der Waals surface area contributed by atoms with Gasteiger partial charge in [-0.15, -0.1) is 11.3 Å². The van der Waals surface area contributed by atoms with Crippen molar-refractivity contribution in [2.24, 2.45) is 5.92 Å². The highest BCUT2D eigenvalue weighted by Gasteiger charge is 2.32. The molecule has 2 aromatic heterocycles. The molecule has 1 aromatic carbocycles. The van der Waals surface area contributed by atoms with Gasteiger partial charge in [0.15, 0.2) is 0 Å². The van der Waals surface area contributed by atoms with E-state index < -0.39 is 16.1 Å². The summed E-state index contributed by atoms with van der Waals surface area (Å²) in [5.74, 6) is 0.376. The molecule has 0 radical (unpaired) electrons. The Morgan fingerprint density at radius 3 is 2.58 bits per heavy atom. The Morgan fingerprint density at radius 1 is 1.24 bits per heavy atom. The van der Waals surface area contributed by atoms with Crippen LogP contribution in [0.1, 0.15) is 44.1 Å². The average Bonchev–Trinajstić information content (AvgIpc) is 3.44. The van der Waals surface area contributed by atoms with E-state index in [0.717, 1.165) is 28.8 Å². The van der Waals surface area contributed by atoms with Gasteiger partial charge in [-0.05, 0) is 36.0 Å². The van der Waals surface area contributed by atoms with E-state index in [1.165, 1.54) is 18.4 Å². The van der Waals surface area contributed by atoms with Crippen LogP contribution in [0, 0.1) is 5.92 Å². The second-order valence-corrected chi connectivity index (χ2v) is 11.7. The van der Waals surface area contributed by atoms with E-state index in [1.54, 1.807) is 12.5 Å². The number of hydrogen-bond acceptors (Lipinski definition) is 6. The lowest BCUT2D eigenvalue weighted by atomic mass is 10.0. The van der Waals surface area contributed by atoms with Crippen LogP contribution >= 0.6 is 11.3 Å². The Labute approximate surface area is 200 Å². The Balaban J connectivity index is 1.93. The smallest absolute Gasteiger partial charge is 0.423 e. The van der Waals surface area contributed by atoms with Gasteiger partial charge < -0.3 is 9.30 Å². The molecule has 33 heavy (non-hydrogen) atoms. The number of carbonyl (C=O) groups excluding carboxylic acids is 1. The minimum Gasteiger partial charge on any atom is -0.449 e. The van der Waals surface area contributed by atoms with Gasteiger partial charge in [-0.1, -0.05) is 51.5 Å². The summed E-state index contributed by atoms with van der Waals surface area (Å²) in [7, 11) is -2.80. The number of amides is 1. The van der Waals surface area contributed by atoms with Gasteiger partial charge in [-0.2, -0.15) is 8.42 Å². The van der Waals surface area contributed by atoms with Crippen molar-refractivity contribution in [2.75, 3.05) is 13.7 Å². The second-order valence-electron chi connectivity index (χ2n) is 8.38. The monoisotopic (exact) mass is 489 g/mol. The summed E-state index contributed by atoms with van der Waals surface area (Å²) >= 11 is 1.22. The summed E-state index contributed by atoms with van der Waals surface area (Å²) < 4.78 is 34.8. The first-order valence-corrected chi connectivity index (χ1v) is 13.3. The SMILES string of the molecule is CCCCOC(=O)N(C)S(=O)(=O)c1sc(CC(C)C)cc1-c1ccc(Cn2ccnc2)cc1. The summed E-state index contributed by atoms with van der Waals surface area (Å²) in [6.45, 7) is 7.04. The van der Waals surface area contributed by atoms with Crippen LogP contribution in [0.5, 0.6) is 0 Å². The number of ether oxygens (including phenoxy) is 1. The van der Waals surface area contributed by atoms with E-state index in [4.69, 9.17) is 4.74 Å². The maximum atomic E-state index is 13.4. The zero-order valence-corrected chi connectivity index (χ0v) is 21.2. The Bertz CT molecular complexity index is 1150. The fourth-order valence-electron chi connectivity index (χ4n) is 3.32. The first-order chi connectivity index (χ1) is 15.7. The Morgan fingerprint density at radius 2 is 1.97 bits per heavy atom. The van der Waals surface area contributed by atoms with Gasteiger partial charge in [0.2, 0.25) is 0 Å². The fourth-order valence-corrected chi connectivity index (χ4v) is 6.47. The normalized spacial score (nSPS) is 11.7. The molecule has 178 valence electrons. The van der Waals surface area contributed by atoms with Gasteiger partial charge in [0, 0.05) is 36.4 Å². The summed E-state index contributed by atoms with van der Waals surface area (Å²) in [5, 5.41) is 0. The van der Waals surface area contributed by atoms with Gasteiger partial charge >= 0.3 is 6.09 Å². The van der Waals surface area contributed by atoms with Gasteiger partial charge in [0.25, 0.3) is 10.0 Å². The van der Waals surface area contributed by atoms with Gasteiger partial charge in [-0.25, -0.2) is 14.1 Å². The Kier molecular flexibility index (Phi) is 8.31. The van der Waals surface area contributed by atoms with Crippen LogP contribution in [-0.2, 0) is 27.7 Å². The zero-order valence-electron chi connectivity index (χ0n) is 19.5. The standard InChI is InChI=1S/C24H31N3O4S2/c1-5-6-13-31-24(28)26(4)33(29,30)23-22(15-21(32-23)14-18(2)3)20-9-7-19(8-10-20)16-27-12-11-25-17-27/h7-12,15,17-18H,5-6,13-14,16H2,1-4H3. The van der Waals surface area contributed by atoms with Crippen molar-refractivity contribution in [3.05, 3.63) is 59.5 Å². The predicted octanol–water partition coefficient (Wildman–Crippen LogP) is 5.42. The summed E-state index contributed by atoms with van der Waals surface area (Å²) in [5.41, 5.74) is 2.48. The number of nitrogens with zero attached hydrogens (tertiary/aromatic N) is 3. The van der Waals surface area contributed by atoms with Crippen molar-refractivity contribution < 1.29 is 17.9 Å². The van der Waals surface area contributed by atoms with Crippen LogP contribution in [0.15, 0.2) is 53.3 Å². The molecular formula is C24H31N3O4S2. The molecule has 0 aliphatic rings. The lowest BCUT2D eigenvalue weighted by Crippen LogP contribution is -2.33. The van der Waals surface area contributed by atoms with Crippen LogP contribution < -0.4 is 0 Å². The zero-order chi connectivity index (χ0) is 24.0. The molecule has 0 unspecified atom stereocenters. The van der Waals surface area contributed by atoms with Gasteiger partial charge in [-0.3, -0.25) is 0 Å². The molecule has 0 bridgehead atoms. The van der Waals surface area contributed by atoms with Crippen LogP contribution in [0.2, 0.25) is 0 Å². The molecule has 3 aromatic rings. The first-order valence-electron chi connectivity index (χ1n) is 11.1. The van der Waals surface area contributed by atoms with E-state index in [-0.39, 0.29) is 10.8 Å². The topological polar surface area (TPSA) is 81.5 Å². The molecule has 2 heterocycles. The molecule has 0 aliphatic heterocycles. The van der Waals surface area contributed by atoms with Crippen LogP contribution in [0.4, 0.5) is 4.79 Å². The minimum atomic E-state index is -4.06. The number of rotatable bonds is 10. The molecular weight excluding hydrogens is 458 g/mol. The van der Waals surface area contributed by atoms with Crippen molar-refractivity contribution >= 4 is 27.5 Å². The minimum absolute atomic E-state index is 0.162. The quantitative estimate of drug-likeness (QED) is 0.355. The lowest BCUT2D eigenvalue weighted by molar-refractivity contribution is 0.129. The third-order valence-corrected chi connectivity index (χ3v) is 8.52. The summed E-state index contributed by atoms with van der Waals surface area (Å²) in [4.78, 5) is 17.4. The summed E-state index contributed by atoms with van der Waals surface area (Å²) in [6, 6.07) is 9.74. The molecule has 0 saturated heterocycles. The molecule has 3 rings (SSSR count). The third kappa shape index (κ3) is 6.23. The molecule has 0 saturated carbocycles. The van der Waals surface area contributed by atoms with Crippen molar-refractivity contribution in [3.8, 4) is 11.1 Å². The van der Waals surface area contributed by atoms with Crippen LogP contribution in [0.3, 0.4) is 0 Å². The highest BCUT2D eigenvalue weighted by atomic mass is 32.2. The van der Waals surface area contributed by atoms with E-state index in [9.17, 15) is 13.2 Å². The van der Waals surface area contributed by atoms with Gasteiger partial charge in [0.05, 0.1) is 12.9 Å². The van der Waals surface area contributed by atoms with E-state index >= 15 is 0 Å². The first kappa shape index (κ1) is 25.0. The van der Waals surface area contributed by atoms with E-state index in [0.29, 0.717) is 28.8 Å². The number of aromatic nitrogens is 2. The van der Waals surface area contributed by atoms with Crippen molar-refractivity contribution in [3.63, 3.8) is 0 Å². The van der Waals surface area contributed by atoms with Crippen LogP contribution in [0.25, 0.3) is 11.1 Å². The number of thiophene rings is 1. The third-order valence-electron chi connectivity index (χ3n) is 5.12. The van der Waals surface area contributed by atoms with Gasteiger partial charge in [0.1, 0.15) is 4.21 Å². The number of carbonyl (C=O) groups is 1. The average molecular weight is 490 g/mol. The van der Waals surface area contributed by atoms with Crippen molar-refractivity contribution in [1.82, 2.24) is 13.9 Å². The molecule has 0 spiro atoms. The number of unbranched alkanes of at least 4 members (excludes halogenated alkanes) is 1. The maximum Gasteiger partial charge on any atom is 0.423 e. The Hall–Kier alpha value is -2.65. The molecule has 9 heteroatoms. The predicted molar refractivity (Wildman–Crippen MR) is 131 cm³/mol. The fraction of sp³-hybridized carbons (Fsp3) is 0.417. The van der Waals surface area contributed by atoms with E-state index in [1.807, 2.05) is 48.0 Å². The highest BCUT2D eigenvalue weighted by molar-refractivity contribution is 7.91. The number of hydrogen-bond donors (Lipinski definition) is 0. The molecule has 0 N–H and O–H groups in total. The lowest BCUT2D eigenvalue weighted by Gasteiger charge is -2.17. The van der Waals surface area contributed by atoms with Crippen molar-refractivity contribution in [1.29, 1.82) is 0 Å².